The molecule has 3 aromatic rings. The van der Waals surface area contributed by atoms with Crippen molar-refractivity contribution in [2.75, 3.05) is 6.61 Å². The van der Waals surface area contributed by atoms with E-state index >= 15 is 0 Å². The van der Waals surface area contributed by atoms with E-state index in [1.54, 1.807) is 0 Å². The summed E-state index contributed by atoms with van der Waals surface area (Å²) in [5.41, 5.74) is 3.56. The highest BCUT2D eigenvalue weighted by Crippen LogP contribution is 2.41. The van der Waals surface area contributed by atoms with Gasteiger partial charge in [-0.15, -0.1) is 0 Å². The summed E-state index contributed by atoms with van der Waals surface area (Å²) in [7, 11) is -4.94. The van der Waals surface area contributed by atoms with Crippen LogP contribution in [-0.2, 0) is 24.9 Å². The smallest absolute Gasteiger partial charge is 0.262 e. The largest absolute Gasteiger partial charge is 0.410 e. The second-order valence-corrected chi connectivity index (χ2v) is 24.9. The molecular weight excluding hydrogens is 625 g/mol. The third-order valence-corrected chi connectivity index (χ3v) is 19.8. The molecule has 1 unspecified atom stereocenters. The van der Waals surface area contributed by atoms with Crippen molar-refractivity contribution in [3.63, 3.8) is 0 Å². The molecule has 6 heteroatoms. The summed E-state index contributed by atoms with van der Waals surface area (Å²) >= 11 is 0. The van der Waals surface area contributed by atoms with Gasteiger partial charge in [0.2, 0.25) is 0 Å². The highest BCUT2D eigenvalue weighted by atomic mass is 28.4. The maximum Gasteiger partial charge on any atom is 0.262 e. The summed E-state index contributed by atoms with van der Waals surface area (Å²) in [4.78, 5) is 0. The van der Waals surface area contributed by atoms with Gasteiger partial charge in [-0.25, -0.2) is 0 Å². The van der Waals surface area contributed by atoms with Gasteiger partial charge < -0.3 is 18.3 Å². The normalized spacial score (nSPS) is 18.4. The summed E-state index contributed by atoms with van der Waals surface area (Å²) in [6.45, 7) is 26.3. The molecule has 1 fully saturated rings. The van der Waals surface area contributed by atoms with Crippen molar-refractivity contribution in [3.8, 4) is 0 Å². The Morgan fingerprint density at radius 3 is 1.71 bits per heavy atom. The van der Waals surface area contributed by atoms with Gasteiger partial charge in [0.1, 0.15) is 12.2 Å². The quantitative estimate of drug-likeness (QED) is 0.0908. The Balaban J connectivity index is 1.84. The Hall–Kier alpha value is -2.59. The Bertz CT molecular complexity index is 1440. The second-order valence-electron chi connectivity index (χ2n) is 15.9. The first-order valence-corrected chi connectivity index (χ1v) is 22.5. The van der Waals surface area contributed by atoms with Crippen molar-refractivity contribution < 1.29 is 18.3 Å². The van der Waals surface area contributed by atoms with Gasteiger partial charge in [0.25, 0.3) is 8.32 Å². The minimum absolute atomic E-state index is 0.000202. The monoisotopic (exact) mass is 684 g/mol. The molecule has 1 saturated heterocycles. The average Bonchev–Trinajstić information content (AvgIpc) is 3.90. The molecule has 1 aliphatic heterocycles. The van der Waals surface area contributed by atoms with Crippen molar-refractivity contribution in [1.82, 2.24) is 0 Å². The Morgan fingerprint density at radius 2 is 1.27 bits per heavy atom. The van der Waals surface area contributed by atoms with E-state index in [2.05, 4.69) is 172 Å². The van der Waals surface area contributed by atoms with Gasteiger partial charge in [0.15, 0.2) is 8.32 Å². The highest BCUT2D eigenvalue weighted by Gasteiger charge is 2.54. The molecule has 1 heterocycles. The van der Waals surface area contributed by atoms with E-state index < -0.39 is 16.6 Å². The van der Waals surface area contributed by atoms with Crippen LogP contribution in [0.15, 0.2) is 114 Å². The van der Waals surface area contributed by atoms with Gasteiger partial charge >= 0.3 is 0 Å². The fourth-order valence-electron chi connectivity index (χ4n) is 6.16. The lowest BCUT2D eigenvalue weighted by atomic mass is 10.00. The molecule has 48 heavy (non-hydrogen) atoms. The number of ether oxygens (including phenoxy) is 2. The van der Waals surface area contributed by atoms with Crippen LogP contribution in [0, 0.1) is 0 Å². The minimum Gasteiger partial charge on any atom is -0.410 e. The summed E-state index contributed by atoms with van der Waals surface area (Å²) in [6, 6.07) is 32.2. The van der Waals surface area contributed by atoms with Crippen molar-refractivity contribution in [2.45, 2.75) is 123 Å². The molecule has 0 N–H and O–H groups in total. The van der Waals surface area contributed by atoms with E-state index in [1.807, 2.05) is 6.07 Å². The van der Waals surface area contributed by atoms with Crippen LogP contribution in [0.25, 0.3) is 0 Å². The standard InChI is InChI=1S/C42H60O4Si2/c1-12-32(2)37(45-47(10,11)41(4,5)6)29-28-33(3)39(40(38-31-43-38)44-30-34-22-16-13-17-23-34)46-48(42(7,8)9,35-24-18-14-19-25-35)36-26-20-15-21-27-36/h12-28,37-40H,29-31H2,1-11H3/b32-12-,33-28+/t37-,38?,39-,40-/m1/s1. The average molecular weight is 685 g/mol. The van der Waals surface area contributed by atoms with Crippen LogP contribution in [0.2, 0.25) is 23.2 Å². The van der Waals surface area contributed by atoms with Crippen LogP contribution < -0.4 is 10.4 Å². The second kappa shape index (κ2) is 16.0. The third-order valence-electron chi connectivity index (χ3n) is 10.3. The van der Waals surface area contributed by atoms with E-state index in [0.29, 0.717) is 13.2 Å². The summed E-state index contributed by atoms with van der Waals surface area (Å²) in [5.74, 6) is 0. The first-order chi connectivity index (χ1) is 22.6. The molecule has 0 aromatic heterocycles. The predicted molar refractivity (Wildman–Crippen MR) is 207 cm³/mol. The van der Waals surface area contributed by atoms with Crippen molar-refractivity contribution in [2.24, 2.45) is 0 Å². The van der Waals surface area contributed by atoms with E-state index in [-0.39, 0.29) is 34.5 Å². The Morgan fingerprint density at radius 1 is 0.771 bits per heavy atom. The van der Waals surface area contributed by atoms with Crippen LogP contribution in [0.4, 0.5) is 0 Å². The van der Waals surface area contributed by atoms with Gasteiger partial charge in [-0.1, -0.05) is 145 Å². The first-order valence-electron chi connectivity index (χ1n) is 17.6. The fourth-order valence-corrected chi connectivity index (χ4v) is 12.2. The number of epoxide rings is 1. The van der Waals surface area contributed by atoms with Gasteiger partial charge in [0, 0.05) is 0 Å². The van der Waals surface area contributed by atoms with Crippen molar-refractivity contribution >= 4 is 27.0 Å². The molecule has 0 radical (unpaired) electrons. The van der Waals surface area contributed by atoms with Crippen LogP contribution >= 0.6 is 0 Å². The van der Waals surface area contributed by atoms with Gasteiger partial charge in [-0.2, -0.15) is 0 Å². The Kier molecular flexibility index (Phi) is 12.7. The van der Waals surface area contributed by atoms with Crippen LogP contribution in [0.1, 0.15) is 74.3 Å². The molecule has 4 atom stereocenters. The zero-order chi connectivity index (χ0) is 35.2. The molecule has 4 nitrogen and oxygen atoms in total. The molecule has 0 amide bonds. The highest BCUT2D eigenvalue weighted by molar-refractivity contribution is 6.99. The van der Waals surface area contributed by atoms with Crippen molar-refractivity contribution in [1.29, 1.82) is 0 Å². The number of rotatable bonds is 15. The molecule has 0 saturated carbocycles. The number of hydrogen-bond acceptors (Lipinski definition) is 4. The molecule has 4 rings (SSSR count). The van der Waals surface area contributed by atoms with Gasteiger partial charge in [-0.05, 0) is 77.4 Å². The lowest BCUT2D eigenvalue weighted by Crippen LogP contribution is -2.68. The molecular formula is C42H60O4Si2. The van der Waals surface area contributed by atoms with Gasteiger partial charge in [0.05, 0.1) is 25.4 Å². The lowest BCUT2D eigenvalue weighted by Gasteiger charge is -2.46. The molecule has 1 aliphatic rings. The maximum absolute atomic E-state index is 7.88. The van der Waals surface area contributed by atoms with Crippen LogP contribution in [0.5, 0.6) is 0 Å². The third kappa shape index (κ3) is 9.14. The van der Waals surface area contributed by atoms with Gasteiger partial charge in [-0.3, -0.25) is 0 Å². The first kappa shape index (κ1) is 38.2. The molecule has 0 spiro atoms. The molecule has 0 aliphatic carbocycles. The Labute approximate surface area is 293 Å². The number of hydrogen-bond donors (Lipinski definition) is 0. The summed E-state index contributed by atoms with van der Waals surface area (Å²) in [5, 5.41) is 2.44. The van der Waals surface area contributed by atoms with Crippen molar-refractivity contribution in [3.05, 3.63) is 120 Å². The zero-order valence-corrected chi connectivity index (χ0v) is 33.4. The van der Waals surface area contributed by atoms with E-state index in [1.165, 1.54) is 15.9 Å². The number of allylic oxidation sites excluding steroid dienone is 1. The number of benzene rings is 3. The molecule has 0 bridgehead atoms. The van der Waals surface area contributed by atoms with Crippen LogP contribution in [0.3, 0.4) is 0 Å². The summed E-state index contributed by atoms with van der Waals surface area (Å²) in [6.07, 6.45) is 4.69. The molecule has 3 aromatic carbocycles. The lowest BCUT2D eigenvalue weighted by molar-refractivity contribution is -0.0389. The van der Waals surface area contributed by atoms with Crippen LogP contribution in [-0.4, -0.2) is 47.7 Å². The minimum atomic E-state index is -2.92. The SMILES string of the molecule is C/C=C(/C)[C@@H](C/C=C(\C)[C@@H](O[Si](c1ccccc1)(c1ccccc1)C(C)(C)C)[C@H](OCc1ccccc1)C1CO1)O[Si](C)(C)C(C)(C)C. The zero-order valence-electron chi connectivity index (χ0n) is 31.4. The fraction of sp³-hybridized carbons (Fsp3) is 0.476. The van der Waals surface area contributed by atoms with E-state index in [4.69, 9.17) is 18.3 Å². The summed E-state index contributed by atoms with van der Waals surface area (Å²) < 4.78 is 27.8. The maximum atomic E-state index is 7.88. The topological polar surface area (TPSA) is 40.2 Å². The predicted octanol–water partition coefficient (Wildman–Crippen LogP) is 9.61. The van der Waals surface area contributed by atoms with E-state index in [0.717, 1.165) is 17.6 Å². The van der Waals surface area contributed by atoms with E-state index in [9.17, 15) is 0 Å². The molecule has 260 valence electrons.